The fourth-order valence-corrected chi connectivity index (χ4v) is 4.30. The average Bonchev–Trinajstić information content (AvgIpc) is 2.87. The lowest BCUT2D eigenvalue weighted by Crippen LogP contribution is -2.40. The maximum absolute atomic E-state index is 13.3. The second-order valence-corrected chi connectivity index (χ2v) is 8.54. The van der Waals surface area contributed by atoms with Crippen LogP contribution in [0, 0.1) is 0 Å². The summed E-state index contributed by atoms with van der Waals surface area (Å²) in [5, 5.41) is 49.7. The predicted octanol–water partition coefficient (Wildman–Crippen LogP) is -1.38. The van der Waals surface area contributed by atoms with Crippen molar-refractivity contribution in [3.63, 3.8) is 0 Å². The van der Waals surface area contributed by atoms with Crippen molar-refractivity contribution in [3.05, 3.63) is 47.5 Å². The van der Waals surface area contributed by atoms with Crippen LogP contribution in [-0.2, 0) is 15.2 Å². The Balaban J connectivity index is 2.44. The third-order valence-electron chi connectivity index (χ3n) is 4.99. The Kier molecular flexibility index (Phi) is 12.6. The first-order valence-electron chi connectivity index (χ1n) is 11.2. The molecule has 0 bridgehead atoms. The summed E-state index contributed by atoms with van der Waals surface area (Å²) in [7, 11) is -1.83. The third kappa shape index (κ3) is 7.97. The maximum atomic E-state index is 13.3. The monoisotopic (exact) mass is 512 g/mol. The number of rotatable bonds is 16. The lowest BCUT2D eigenvalue weighted by Gasteiger charge is -2.21. The van der Waals surface area contributed by atoms with Gasteiger partial charge in [0.15, 0.2) is 11.1 Å². The first-order chi connectivity index (χ1) is 16.9. The molecule has 3 unspecified atom stereocenters. The van der Waals surface area contributed by atoms with Crippen molar-refractivity contribution in [2.45, 2.75) is 29.9 Å². The number of aliphatic hydroxyl groups excluding tert-OH is 4. The van der Waals surface area contributed by atoms with E-state index in [9.17, 15) is 19.4 Å². The summed E-state index contributed by atoms with van der Waals surface area (Å²) in [6, 6.07) is 9.26. The number of hydrogen-bond acceptors (Lipinski definition) is 11. The smallest absolute Gasteiger partial charge is 0.494 e. The summed E-state index contributed by atoms with van der Waals surface area (Å²) in [6.45, 7) is -0.310. The molecule has 0 aliphatic carbocycles. The van der Waals surface area contributed by atoms with Gasteiger partial charge in [-0.2, -0.15) is 0 Å². The molecule has 0 aliphatic heterocycles. The number of benzene rings is 2. The van der Waals surface area contributed by atoms with Crippen molar-refractivity contribution in [2.24, 2.45) is 11.5 Å². The molecule has 35 heavy (non-hydrogen) atoms. The molecule has 0 radical (unpaired) electrons. The summed E-state index contributed by atoms with van der Waals surface area (Å²) in [4.78, 5) is -0.0259. The van der Waals surface area contributed by atoms with Gasteiger partial charge in [-0.3, -0.25) is 0 Å². The van der Waals surface area contributed by atoms with Crippen molar-refractivity contribution < 1.29 is 43.2 Å². The van der Waals surface area contributed by atoms with Gasteiger partial charge in [0, 0.05) is 50.2 Å². The van der Waals surface area contributed by atoms with Crippen LogP contribution in [0.5, 0.6) is 11.5 Å². The molecule has 0 aliphatic rings. The fraction of sp³-hybridized carbons (Fsp3) is 0.455. The molecule has 2 aromatic carbocycles. The van der Waals surface area contributed by atoms with E-state index in [1.165, 1.54) is 24.3 Å². The highest BCUT2D eigenvalue weighted by Gasteiger charge is 2.32. The van der Waals surface area contributed by atoms with Gasteiger partial charge >= 0.3 is 7.12 Å². The van der Waals surface area contributed by atoms with Crippen molar-refractivity contribution >= 4 is 23.7 Å². The second kappa shape index (κ2) is 15.1. The maximum Gasteiger partial charge on any atom is 0.508 e. The normalized spacial score (nSPS) is 13.8. The molecule has 2 aromatic rings. The number of nitrogens with two attached hydrogens (primary N) is 2. The van der Waals surface area contributed by atoms with Crippen LogP contribution >= 0.6 is 0 Å². The Bertz CT molecular complexity index is 953. The Morgan fingerprint density at radius 1 is 0.857 bits per heavy atom. The quantitative estimate of drug-likeness (QED) is 0.103. The molecule has 0 saturated carbocycles. The van der Waals surface area contributed by atoms with E-state index in [4.69, 9.17) is 35.3 Å². The zero-order valence-electron chi connectivity index (χ0n) is 19.3. The van der Waals surface area contributed by atoms with Gasteiger partial charge in [-0.15, -0.1) is 0 Å². The lowest BCUT2D eigenvalue weighted by atomic mass is 9.75. The molecule has 0 amide bonds. The third-order valence-corrected chi connectivity index (χ3v) is 6.11. The van der Waals surface area contributed by atoms with Gasteiger partial charge in [0.1, 0.15) is 16.4 Å². The lowest BCUT2D eigenvalue weighted by molar-refractivity contribution is 0.181. The van der Waals surface area contributed by atoms with Crippen LogP contribution in [-0.4, -0.2) is 76.3 Å². The SMILES string of the molecule is NCC(O)c1cccc(OCCCO)c1B(O)OS(=O)c1c(OCCCO)cccc1C(O)CN. The van der Waals surface area contributed by atoms with Crippen LogP contribution < -0.4 is 26.4 Å². The van der Waals surface area contributed by atoms with Crippen molar-refractivity contribution in [1.82, 2.24) is 0 Å². The van der Waals surface area contributed by atoms with E-state index in [2.05, 4.69) is 0 Å². The van der Waals surface area contributed by atoms with E-state index < -0.39 is 30.4 Å². The Morgan fingerprint density at radius 3 is 1.94 bits per heavy atom. The average molecular weight is 512 g/mol. The zero-order chi connectivity index (χ0) is 25.8. The molecule has 194 valence electrons. The van der Waals surface area contributed by atoms with Crippen LogP contribution in [0.4, 0.5) is 0 Å². The zero-order valence-corrected chi connectivity index (χ0v) is 20.1. The first kappa shape index (κ1) is 29.2. The molecule has 13 heteroatoms. The van der Waals surface area contributed by atoms with Gasteiger partial charge in [-0.25, -0.2) is 4.21 Å². The van der Waals surface area contributed by atoms with Crippen LogP contribution in [0.2, 0.25) is 0 Å². The molecule has 0 spiro atoms. The van der Waals surface area contributed by atoms with Crippen molar-refractivity contribution in [1.29, 1.82) is 0 Å². The molecular weight excluding hydrogens is 479 g/mol. The Labute approximate surface area is 207 Å². The van der Waals surface area contributed by atoms with E-state index in [-0.39, 0.29) is 72.5 Å². The predicted molar refractivity (Wildman–Crippen MR) is 130 cm³/mol. The van der Waals surface area contributed by atoms with Gasteiger partial charge in [-0.05, 0) is 17.7 Å². The van der Waals surface area contributed by atoms with E-state index in [1.54, 1.807) is 12.1 Å². The number of ether oxygens (including phenoxy) is 2. The van der Waals surface area contributed by atoms with Gasteiger partial charge in [-0.1, -0.05) is 24.3 Å². The van der Waals surface area contributed by atoms with Gasteiger partial charge < -0.3 is 50.5 Å². The fourth-order valence-electron chi connectivity index (χ4n) is 3.26. The minimum Gasteiger partial charge on any atom is -0.494 e. The van der Waals surface area contributed by atoms with E-state index in [0.717, 1.165) is 0 Å². The van der Waals surface area contributed by atoms with Crippen LogP contribution in [0.1, 0.15) is 36.2 Å². The summed E-state index contributed by atoms with van der Waals surface area (Å²) in [6.07, 6.45) is -1.70. The number of aliphatic hydroxyl groups is 4. The highest BCUT2D eigenvalue weighted by atomic mass is 32.2. The molecular formula is C22H33BN2O9S. The van der Waals surface area contributed by atoms with Crippen LogP contribution in [0.25, 0.3) is 0 Å². The summed E-state index contributed by atoms with van der Waals surface area (Å²) in [5.41, 5.74) is 11.6. The van der Waals surface area contributed by atoms with Crippen molar-refractivity contribution in [3.8, 4) is 11.5 Å². The molecule has 0 aromatic heterocycles. The van der Waals surface area contributed by atoms with E-state index in [0.29, 0.717) is 12.8 Å². The largest absolute Gasteiger partial charge is 0.508 e. The molecule has 0 heterocycles. The standard InChI is InChI=1S/C22H33BN2O9S/c24-13-17(28)15-5-1-7-19(32-11-3-9-26)21(15)23(30)34-35(31)22-16(18(29)14-25)6-2-8-20(22)33-12-4-10-27/h1-2,5-8,17-18,26-30H,3-4,9-14,24-25H2. The molecule has 9 N–H and O–H groups in total. The Morgan fingerprint density at radius 2 is 1.37 bits per heavy atom. The summed E-state index contributed by atoms with van der Waals surface area (Å²) >= 11 is -2.37. The van der Waals surface area contributed by atoms with Crippen LogP contribution in [0.15, 0.2) is 41.3 Å². The highest BCUT2D eigenvalue weighted by molar-refractivity contribution is 7.81. The number of hydrogen-bond donors (Lipinski definition) is 7. The van der Waals surface area contributed by atoms with E-state index >= 15 is 0 Å². The van der Waals surface area contributed by atoms with Crippen LogP contribution in [0.3, 0.4) is 0 Å². The minimum absolute atomic E-state index is 0.0244. The molecule has 0 saturated heterocycles. The highest BCUT2D eigenvalue weighted by Crippen LogP contribution is 2.31. The second-order valence-electron chi connectivity index (χ2n) is 7.47. The molecule has 2 rings (SSSR count). The minimum atomic E-state index is -2.37. The van der Waals surface area contributed by atoms with Gasteiger partial charge in [0.2, 0.25) is 0 Å². The van der Waals surface area contributed by atoms with Gasteiger partial charge in [0.25, 0.3) is 0 Å². The summed E-state index contributed by atoms with van der Waals surface area (Å²) < 4.78 is 30.0. The first-order valence-corrected chi connectivity index (χ1v) is 12.2. The van der Waals surface area contributed by atoms with Gasteiger partial charge in [0.05, 0.1) is 25.4 Å². The van der Waals surface area contributed by atoms with Crippen molar-refractivity contribution in [2.75, 3.05) is 39.5 Å². The molecule has 11 nitrogen and oxygen atoms in total. The molecule has 3 atom stereocenters. The topological polar surface area (TPSA) is 198 Å². The summed E-state index contributed by atoms with van der Waals surface area (Å²) in [5.74, 6) is 0.284. The van der Waals surface area contributed by atoms with E-state index in [1.807, 2.05) is 0 Å². The molecule has 0 fully saturated rings. The Hall–Kier alpha value is -2.07.